The monoisotopic (exact) mass is 414 g/mol. The maximum atomic E-state index is 13.3. The molecule has 1 heterocycles. The standard InChI is InChI=1S/C22H23ClN2O4/c1-3-14-29-16-10-8-15(9-11-16)19-20(24(2)12-13-26)22(28)25(21(19)27)18-7-5-4-6-17(18)23/h4-11,26H,3,12-14H2,1-2H3. The molecule has 0 aliphatic carbocycles. The van der Waals surface area contributed by atoms with Crippen LogP contribution in [0.25, 0.3) is 5.57 Å². The fourth-order valence-electron chi connectivity index (χ4n) is 3.18. The van der Waals surface area contributed by atoms with E-state index in [1.54, 1.807) is 60.5 Å². The summed E-state index contributed by atoms with van der Waals surface area (Å²) in [4.78, 5) is 29.2. The lowest BCUT2D eigenvalue weighted by molar-refractivity contribution is -0.120. The Labute approximate surface area is 174 Å². The molecule has 0 radical (unpaired) electrons. The molecule has 0 spiro atoms. The molecule has 0 saturated heterocycles. The summed E-state index contributed by atoms with van der Waals surface area (Å²) in [5, 5.41) is 9.65. The number of rotatable bonds is 8. The number of likely N-dealkylation sites (N-methyl/N-ethyl adjacent to an activating group) is 1. The van der Waals surface area contributed by atoms with Crippen molar-refractivity contribution < 1.29 is 19.4 Å². The Morgan fingerprint density at radius 1 is 1.07 bits per heavy atom. The van der Waals surface area contributed by atoms with E-state index in [9.17, 15) is 14.7 Å². The Bertz CT molecular complexity index is 940. The molecule has 1 aliphatic rings. The second-order valence-electron chi connectivity index (χ2n) is 6.64. The summed E-state index contributed by atoms with van der Waals surface area (Å²) >= 11 is 6.25. The van der Waals surface area contributed by atoms with Gasteiger partial charge in [-0.1, -0.05) is 42.8 Å². The number of halogens is 1. The molecule has 0 aromatic heterocycles. The van der Waals surface area contributed by atoms with E-state index in [0.717, 1.165) is 11.3 Å². The third-order valence-corrected chi connectivity index (χ3v) is 4.91. The number of carbonyl (C=O) groups excluding carboxylic acids is 2. The largest absolute Gasteiger partial charge is 0.494 e. The number of benzene rings is 2. The van der Waals surface area contributed by atoms with Crippen molar-refractivity contribution in [3.63, 3.8) is 0 Å². The molecule has 0 atom stereocenters. The minimum atomic E-state index is -0.472. The molecule has 2 aromatic carbocycles. The van der Waals surface area contributed by atoms with Gasteiger partial charge in [-0.3, -0.25) is 9.59 Å². The van der Waals surface area contributed by atoms with Gasteiger partial charge in [0.25, 0.3) is 11.8 Å². The molecule has 29 heavy (non-hydrogen) atoms. The number of amides is 2. The van der Waals surface area contributed by atoms with Crippen LogP contribution in [0.15, 0.2) is 54.2 Å². The van der Waals surface area contributed by atoms with Gasteiger partial charge in [-0.25, -0.2) is 4.90 Å². The van der Waals surface area contributed by atoms with Crippen molar-refractivity contribution in [3.05, 3.63) is 64.8 Å². The highest BCUT2D eigenvalue weighted by molar-refractivity contribution is 6.47. The van der Waals surface area contributed by atoms with E-state index in [2.05, 4.69) is 0 Å². The molecule has 6 nitrogen and oxygen atoms in total. The fourth-order valence-corrected chi connectivity index (χ4v) is 3.40. The highest BCUT2D eigenvalue weighted by Gasteiger charge is 2.42. The topological polar surface area (TPSA) is 70.1 Å². The summed E-state index contributed by atoms with van der Waals surface area (Å²) in [6, 6.07) is 13.8. The highest BCUT2D eigenvalue weighted by Crippen LogP contribution is 2.37. The van der Waals surface area contributed by atoms with Crippen molar-refractivity contribution >= 4 is 34.7 Å². The minimum Gasteiger partial charge on any atom is -0.494 e. The second-order valence-corrected chi connectivity index (χ2v) is 7.05. The van der Waals surface area contributed by atoms with Crippen molar-refractivity contribution in [2.45, 2.75) is 13.3 Å². The Kier molecular flexibility index (Phi) is 6.56. The average Bonchev–Trinajstić information content (AvgIpc) is 2.98. The normalized spacial score (nSPS) is 14.0. The average molecular weight is 415 g/mol. The van der Waals surface area contributed by atoms with Crippen LogP contribution in [-0.4, -0.2) is 48.6 Å². The van der Waals surface area contributed by atoms with Gasteiger partial charge in [-0.05, 0) is 36.2 Å². The second kappa shape index (κ2) is 9.11. The Morgan fingerprint density at radius 3 is 2.38 bits per heavy atom. The first-order valence-electron chi connectivity index (χ1n) is 9.42. The van der Waals surface area contributed by atoms with Crippen LogP contribution >= 0.6 is 11.6 Å². The third-order valence-electron chi connectivity index (χ3n) is 4.59. The third kappa shape index (κ3) is 4.13. The first-order valence-corrected chi connectivity index (χ1v) is 9.80. The number of anilines is 1. The molecule has 1 aliphatic heterocycles. The summed E-state index contributed by atoms with van der Waals surface area (Å²) in [6.07, 6.45) is 0.892. The van der Waals surface area contributed by atoms with Gasteiger partial charge in [0.15, 0.2) is 0 Å². The maximum Gasteiger partial charge on any atom is 0.282 e. The van der Waals surface area contributed by atoms with Gasteiger partial charge in [-0.15, -0.1) is 0 Å². The number of aliphatic hydroxyl groups is 1. The smallest absolute Gasteiger partial charge is 0.282 e. The van der Waals surface area contributed by atoms with E-state index < -0.39 is 11.8 Å². The van der Waals surface area contributed by atoms with Gasteiger partial charge in [0.1, 0.15) is 11.4 Å². The lowest BCUT2D eigenvalue weighted by atomic mass is 10.0. The summed E-state index contributed by atoms with van der Waals surface area (Å²) in [6.45, 7) is 2.69. The number of para-hydroxylation sites is 1. The van der Waals surface area contributed by atoms with Gasteiger partial charge in [0, 0.05) is 13.6 Å². The highest BCUT2D eigenvalue weighted by atomic mass is 35.5. The van der Waals surface area contributed by atoms with Gasteiger partial charge < -0.3 is 14.7 Å². The number of hydrogen-bond acceptors (Lipinski definition) is 5. The van der Waals surface area contributed by atoms with Crippen LogP contribution in [0.3, 0.4) is 0 Å². The first kappa shape index (κ1) is 20.9. The zero-order valence-electron chi connectivity index (χ0n) is 16.4. The van der Waals surface area contributed by atoms with Crippen molar-refractivity contribution in [3.8, 4) is 5.75 Å². The quantitative estimate of drug-likeness (QED) is 0.671. The van der Waals surface area contributed by atoms with Crippen LogP contribution in [0.1, 0.15) is 18.9 Å². The Morgan fingerprint density at radius 2 is 1.76 bits per heavy atom. The van der Waals surface area contributed by atoms with Crippen LogP contribution in [-0.2, 0) is 9.59 Å². The lowest BCUT2D eigenvalue weighted by Crippen LogP contribution is -2.35. The predicted molar refractivity (Wildman–Crippen MR) is 113 cm³/mol. The van der Waals surface area contributed by atoms with E-state index in [4.69, 9.17) is 16.3 Å². The summed E-state index contributed by atoms with van der Waals surface area (Å²) in [5.74, 6) is -0.230. The zero-order chi connectivity index (χ0) is 21.0. The van der Waals surface area contributed by atoms with Crippen molar-refractivity contribution in [1.29, 1.82) is 0 Å². The molecule has 3 rings (SSSR count). The molecule has 2 aromatic rings. The van der Waals surface area contributed by atoms with Crippen LogP contribution in [0.5, 0.6) is 5.75 Å². The predicted octanol–water partition coefficient (Wildman–Crippen LogP) is 3.34. The molecular formula is C22H23ClN2O4. The van der Waals surface area contributed by atoms with Crippen LogP contribution in [0.2, 0.25) is 5.02 Å². The number of aliphatic hydroxyl groups excluding tert-OH is 1. The van der Waals surface area contributed by atoms with Crippen molar-refractivity contribution in [2.75, 3.05) is 31.7 Å². The lowest BCUT2D eigenvalue weighted by Gasteiger charge is -2.20. The molecule has 0 unspecified atom stereocenters. The molecule has 0 fully saturated rings. The van der Waals surface area contributed by atoms with E-state index in [0.29, 0.717) is 28.6 Å². The number of imide groups is 1. The van der Waals surface area contributed by atoms with Gasteiger partial charge >= 0.3 is 0 Å². The molecule has 0 saturated carbocycles. The number of hydrogen-bond donors (Lipinski definition) is 1. The Balaban J connectivity index is 2.05. The molecule has 152 valence electrons. The van der Waals surface area contributed by atoms with E-state index >= 15 is 0 Å². The van der Waals surface area contributed by atoms with E-state index in [1.165, 1.54) is 0 Å². The summed E-state index contributed by atoms with van der Waals surface area (Å²) in [7, 11) is 1.67. The first-order chi connectivity index (χ1) is 14.0. The fraction of sp³-hybridized carbons (Fsp3) is 0.273. The van der Waals surface area contributed by atoms with Crippen LogP contribution in [0.4, 0.5) is 5.69 Å². The molecular weight excluding hydrogens is 392 g/mol. The zero-order valence-corrected chi connectivity index (χ0v) is 17.1. The van der Waals surface area contributed by atoms with Crippen LogP contribution < -0.4 is 9.64 Å². The summed E-state index contributed by atoms with van der Waals surface area (Å²) < 4.78 is 5.60. The number of nitrogens with zero attached hydrogens (tertiary/aromatic N) is 2. The number of carbonyl (C=O) groups is 2. The van der Waals surface area contributed by atoms with E-state index in [-0.39, 0.29) is 24.4 Å². The van der Waals surface area contributed by atoms with Gasteiger partial charge in [0.2, 0.25) is 0 Å². The molecule has 0 bridgehead atoms. The molecule has 1 N–H and O–H groups in total. The van der Waals surface area contributed by atoms with Crippen molar-refractivity contribution in [1.82, 2.24) is 4.90 Å². The summed E-state index contributed by atoms with van der Waals surface area (Å²) in [5.41, 5.74) is 1.43. The SMILES string of the molecule is CCCOc1ccc(C2=C(N(C)CCO)C(=O)N(c3ccccc3Cl)C2=O)cc1. The van der Waals surface area contributed by atoms with Crippen molar-refractivity contribution in [2.24, 2.45) is 0 Å². The Hall–Kier alpha value is -2.83. The van der Waals surface area contributed by atoms with Crippen LogP contribution in [0, 0.1) is 0 Å². The van der Waals surface area contributed by atoms with E-state index in [1.807, 2.05) is 6.92 Å². The molecule has 7 heteroatoms. The van der Waals surface area contributed by atoms with Gasteiger partial charge in [0.05, 0.1) is 29.5 Å². The maximum absolute atomic E-state index is 13.3. The molecule has 2 amide bonds. The number of ether oxygens (including phenoxy) is 1. The van der Waals surface area contributed by atoms with Gasteiger partial charge in [-0.2, -0.15) is 0 Å². The minimum absolute atomic E-state index is 0.148.